The average molecular weight is 281 g/mol. The van der Waals surface area contributed by atoms with Crippen molar-refractivity contribution in [1.29, 1.82) is 0 Å². The van der Waals surface area contributed by atoms with Gasteiger partial charge in [0.05, 0.1) is 12.5 Å². The third-order valence-corrected chi connectivity index (χ3v) is 5.20. The summed E-state index contributed by atoms with van der Waals surface area (Å²) in [4.78, 5) is 11.7. The van der Waals surface area contributed by atoms with Crippen molar-refractivity contribution in [2.75, 3.05) is 6.61 Å². The molecule has 3 nitrogen and oxygen atoms in total. The van der Waals surface area contributed by atoms with E-state index in [1.807, 2.05) is 6.92 Å². The summed E-state index contributed by atoms with van der Waals surface area (Å²) in [6.07, 6.45) is 11.3. The van der Waals surface area contributed by atoms with E-state index in [2.05, 4.69) is 12.2 Å². The molecule has 0 saturated heterocycles. The summed E-state index contributed by atoms with van der Waals surface area (Å²) in [6, 6.07) is 1.25. The Morgan fingerprint density at radius 1 is 1.10 bits per heavy atom. The van der Waals surface area contributed by atoms with Crippen LogP contribution in [0.25, 0.3) is 0 Å². The zero-order valence-corrected chi connectivity index (χ0v) is 13.2. The van der Waals surface area contributed by atoms with E-state index in [1.54, 1.807) is 0 Å². The fourth-order valence-corrected chi connectivity index (χ4v) is 3.90. The molecule has 0 amide bonds. The summed E-state index contributed by atoms with van der Waals surface area (Å²) >= 11 is 0. The van der Waals surface area contributed by atoms with E-state index < -0.39 is 0 Å². The van der Waals surface area contributed by atoms with Gasteiger partial charge in [-0.05, 0) is 58.3 Å². The lowest BCUT2D eigenvalue weighted by molar-refractivity contribution is -0.149. The van der Waals surface area contributed by atoms with Gasteiger partial charge in [-0.25, -0.2) is 0 Å². The molecule has 0 bridgehead atoms. The molecule has 2 rings (SSSR count). The smallest absolute Gasteiger partial charge is 0.308 e. The van der Waals surface area contributed by atoms with Gasteiger partial charge in [0.15, 0.2) is 0 Å². The highest BCUT2D eigenvalue weighted by atomic mass is 16.5. The Morgan fingerprint density at radius 2 is 1.75 bits per heavy atom. The zero-order chi connectivity index (χ0) is 14.4. The minimum atomic E-state index is 0.0197. The van der Waals surface area contributed by atoms with E-state index in [-0.39, 0.29) is 11.9 Å². The SMILES string of the molecule is CCOC(=O)C1CCC(NC(C)C2CCCCC2)CC1. The van der Waals surface area contributed by atoms with Crippen LogP contribution in [0.4, 0.5) is 0 Å². The third kappa shape index (κ3) is 4.47. The predicted molar refractivity (Wildman–Crippen MR) is 81.6 cm³/mol. The number of esters is 1. The van der Waals surface area contributed by atoms with Crippen molar-refractivity contribution in [1.82, 2.24) is 5.32 Å². The van der Waals surface area contributed by atoms with Crippen LogP contribution in [0.1, 0.15) is 71.6 Å². The Hall–Kier alpha value is -0.570. The number of carbonyl (C=O) groups is 1. The molecule has 2 aliphatic rings. The molecule has 3 heteroatoms. The van der Waals surface area contributed by atoms with E-state index in [0.717, 1.165) is 31.6 Å². The number of nitrogens with one attached hydrogen (secondary N) is 1. The van der Waals surface area contributed by atoms with Gasteiger partial charge in [-0.2, -0.15) is 0 Å². The van der Waals surface area contributed by atoms with Gasteiger partial charge in [0.2, 0.25) is 0 Å². The maximum atomic E-state index is 11.7. The Morgan fingerprint density at radius 3 is 2.35 bits per heavy atom. The number of rotatable bonds is 5. The van der Waals surface area contributed by atoms with Gasteiger partial charge in [-0.1, -0.05) is 19.3 Å². The quantitative estimate of drug-likeness (QED) is 0.781. The van der Waals surface area contributed by atoms with Gasteiger partial charge >= 0.3 is 5.97 Å². The van der Waals surface area contributed by atoms with Crippen molar-refractivity contribution in [2.45, 2.75) is 83.7 Å². The number of ether oxygens (including phenoxy) is 1. The molecule has 20 heavy (non-hydrogen) atoms. The van der Waals surface area contributed by atoms with Crippen LogP contribution in [0.5, 0.6) is 0 Å². The third-order valence-electron chi connectivity index (χ3n) is 5.20. The van der Waals surface area contributed by atoms with Crippen molar-refractivity contribution in [3.63, 3.8) is 0 Å². The summed E-state index contributed by atoms with van der Waals surface area (Å²) in [5.41, 5.74) is 0. The minimum absolute atomic E-state index is 0.0197. The topological polar surface area (TPSA) is 38.3 Å². The van der Waals surface area contributed by atoms with E-state index in [0.29, 0.717) is 18.7 Å². The van der Waals surface area contributed by atoms with Crippen LogP contribution in [0.2, 0.25) is 0 Å². The fourth-order valence-electron chi connectivity index (χ4n) is 3.90. The van der Waals surface area contributed by atoms with E-state index in [4.69, 9.17) is 4.74 Å². The Labute approximate surface area is 123 Å². The van der Waals surface area contributed by atoms with Crippen LogP contribution in [0.3, 0.4) is 0 Å². The summed E-state index contributed by atoms with van der Waals surface area (Å²) in [6.45, 7) is 4.75. The van der Waals surface area contributed by atoms with E-state index in [9.17, 15) is 4.79 Å². The molecular formula is C17H31NO2. The van der Waals surface area contributed by atoms with E-state index >= 15 is 0 Å². The van der Waals surface area contributed by atoms with Crippen molar-refractivity contribution in [3.8, 4) is 0 Å². The zero-order valence-electron chi connectivity index (χ0n) is 13.2. The van der Waals surface area contributed by atoms with Gasteiger partial charge in [0.1, 0.15) is 0 Å². The molecule has 1 N–H and O–H groups in total. The first-order valence-corrected chi connectivity index (χ1v) is 8.63. The molecule has 0 radical (unpaired) electrons. The number of hydrogen-bond donors (Lipinski definition) is 1. The maximum absolute atomic E-state index is 11.7. The molecule has 0 aromatic carbocycles. The molecular weight excluding hydrogens is 250 g/mol. The van der Waals surface area contributed by atoms with Crippen LogP contribution >= 0.6 is 0 Å². The molecule has 0 aromatic rings. The lowest BCUT2D eigenvalue weighted by atomic mass is 9.82. The van der Waals surface area contributed by atoms with Crippen molar-refractivity contribution < 1.29 is 9.53 Å². The largest absolute Gasteiger partial charge is 0.466 e. The van der Waals surface area contributed by atoms with Crippen molar-refractivity contribution in [2.24, 2.45) is 11.8 Å². The van der Waals surface area contributed by atoms with Crippen LogP contribution < -0.4 is 5.32 Å². The number of carbonyl (C=O) groups excluding carboxylic acids is 1. The Bertz CT molecular complexity index is 291. The molecule has 2 fully saturated rings. The number of hydrogen-bond acceptors (Lipinski definition) is 3. The molecule has 0 aromatic heterocycles. The standard InChI is InChI=1S/C17H31NO2/c1-3-20-17(19)15-9-11-16(12-10-15)18-13(2)14-7-5-4-6-8-14/h13-16,18H,3-12H2,1-2H3. The van der Waals surface area contributed by atoms with Crippen molar-refractivity contribution in [3.05, 3.63) is 0 Å². The normalized spacial score (nSPS) is 29.9. The second-order valence-electron chi connectivity index (χ2n) is 6.65. The summed E-state index contributed by atoms with van der Waals surface area (Å²) in [5, 5.41) is 3.83. The van der Waals surface area contributed by atoms with Crippen LogP contribution in [-0.2, 0) is 9.53 Å². The second-order valence-corrected chi connectivity index (χ2v) is 6.65. The van der Waals surface area contributed by atoms with Crippen molar-refractivity contribution >= 4 is 5.97 Å². The average Bonchev–Trinajstić information content (AvgIpc) is 2.49. The molecule has 2 aliphatic carbocycles. The predicted octanol–water partition coefficient (Wildman–Crippen LogP) is 3.67. The van der Waals surface area contributed by atoms with Crippen LogP contribution in [-0.4, -0.2) is 24.7 Å². The molecule has 1 unspecified atom stereocenters. The monoisotopic (exact) mass is 281 g/mol. The molecule has 1 atom stereocenters. The van der Waals surface area contributed by atoms with Gasteiger partial charge in [-0.3, -0.25) is 4.79 Å². The van der Waals surface area contributed by atoms with Crippen LogP contribution in [0.15, 0.2) is 0 Å². The summed E-state index contributed by atoms with van der Waals surface area (Å²) in [5.74, 6) is 1.04. The summed E-state index contributed by atoms with van der Waals surface area (Å²) < 4.78 is 5.13. The van der Waals surface area contributed by atoms with Gasteiger partial charge in [-0.15, -0.1) is 0 Å². The molecule has 0 spiro atoms. The lowest BCUT2D eigenvalue weighted by Crippen LogP contribution is -2.43. The lowest BCUT2D eigenvalue weighted by Gasteiger charge is -2.34. The highest BCUT2D eigenvalue weighted by Gasteiger charge is 2.29. The van der Waals surface area contributed by atoms with E-state index in [1.165, 1.54) is 32.1 Å². The van der Waals surface area contributed by atoms with Crippen LogP contribution in [0, 0.1) is 11.8 Å². The van der Waals surface area contributed by atoms with Gasteiger partial charge in [0, 0.05) is 12.1 Å². The van der Waals surface area contributed by atoms with Gasteiger partial charge < -0.3 is 10.1 Å². The summed E-state index contributed by atoms with van der Waals surface area (Å²) in [7, 11) is 0. The maximum Gasteiger partial charge on any atom is 0.308 e. The first-order valence-electron chi connectivity index (χ1n) is 8.63. The fraction of sp³-hybridized carbons (Fsp3) is 0.941. The highest BCUT2D eigenvalue weighted by Crippen LogP contribution is 2.29. The molecule has 116 valence electrons. The minimum Gasteiger partial charge on any atom is -0.466 e. The second kappa shape index (κ2) is 8.02. The highest BCUT2D eigenvalue weighted by molar-refractivity contribution is 5.72. The first-order chi connectivity index (χ1) is 9.70. The molecule has 2 saturated carbocycles. The molecule has 0 heterocycles. The van der Waals surface area contributed by atoms with Gasteiger partial charge in [0.25, 0.3) is 0 Å². The molecule has 0 aliphatic heterocycles. The Kier molecular flexibility index (Phi) is 6.34. The first kappa shape index (κ1) is 15.8. The Balaban J connectivity index is 1.69.